The van der Waals surface area contributed by atoms with Crippen LogP contribution in [0.15, 0.2) is 18.2 Å². The van der Waals surface area contributed by atoms with Gasteiger partial charge >= 0.3 is 0 Å². The second kappa shape index (κ2) is 8.60. The minimum atomic E-state index is -0.375. The summed E-state index contributed by atoms with van der Waals surface area (Å²) in [6.07, 6.45) is 3.53. The Morgan fingerprint density at radius 1 is 1.30 bits per heavy atom. The third-order valence-electron chi connectivity index (χ3n) is 3.64. The first-order chi connectivity index (χ1) is 9.51. The topological polar surface area (TPSA) is 29.3 Å². The minimum absolute atomic E-state index is 0.0404. The normalized spacial score (nSPS) is 13.2. The Kier molecular flexibility index (Phi) is 7.49. The molecule has 0 heterocycles. The second-order valence-corrected chi connectivity index (χ2v) is 5.87. The molecule has 0 fully saturated rings. The van der Waals surface area contributed by atoms with E-state index in [0.29, 0.717) is 12.6 Å². The van der Waals surface area contributed by atoms with E-state index < -0.39 is 0 Å². The van der Waals surface area contributed by atoms with Gasteiger partial charge in [-0.3, -0.25) is 4.90 Å². The molecule has 0 saturated heterocycles. The van der Waals surface area contributed by atoms with Crippen molar-refractivity contribution in [3.05, 3.63) is 34.6 Å². The lowest BCUT2D eigenvalue weighted by molar-refractivity contribution is 0.153. The predicted molar refractivity (Wildman–Crippen MR) is 84.6 cm³/mol. The third-order valence-corrected chi connectivity index (χ3v) is 3.94. The number of nitrogens with zero attached hydrogens (tertiary/aromatic N) is 1. The Morgan fingerprint density at radius 3 is 2.50 bits per heavy atom. The van der Waals surface area contributed by atoms with E-state index >= 15 is 0 Å². The number of hydrogen-bond acceptors (Lipinski definition) is 2. The van der Waals surface area contributed by atoms with Crippen molar-refractivity contribution in [3.8, 4) is 0 Å². The van der Waals surface area contributed by atoms with Crippen LogP contribution in [0.3, 0.4) is 0 Å². The van der Waals surface area contributed by atoms with Crippen LogP contribution in [0.4, 0.5) is 4.39 Å². The van der Waals surface area contributed by atoms with Gasteiger partial charge in [-0.1, -0.05) is 37.4 Å². The third kappa shape index (κ3) is 4.72. The molecule has 114 valence electrons. The Labute approximate surface area is 127 Å². The Morgan fingerprint density at radius 2 is 2.00 bits per heavy atom. The molecular formula is C16H26ClFN2. The maximum Gasteiger partial charge on any atom is 0.142 e. The van der Waals surface area contributed by atoms with Crippen molar-refractivity contribution < 1.29 is 4.39 Å². The molecule has 0 aliphatic carbocycles. The van der Waals surface area contributed by atoms with E-state index in [0.717, 1.165) is 18.5 Å². The first kappa shape index (κ1) is 17.4. The van der Waals surface area contributed by atoms with Crippen LogP contribution in [0.2, 0.25) is 5.02 Å². The highest BCUT2D eigenvalue weighted by atomic mass is 35.5. The van der Waals surface area contributed by atoms with E-state index in [4.69, 9.17) is 17.3 Å². The number of rotatable bonds is 8. The van der Waals surface area contributed by atoms with Crippen molar-refractivity contribution in [3.63, 3.8) is 0 Å². The van der Waals surface area contributed by atoms with Gasteiger partial charge in [0.2, 0.25) is 0 Å². The highest BCUT2D eigenvalue weighted by molar-refractivity contribution is 6.30. The quantitative estimate of drug-likeness (QED) is 0.722. The van der Waals surface area contributed by atoms with Crippen LogP contribution in [-0.4, -0.2) is 24.0 Å². The molecular weight excluding hydrogens is 275 g/mol. The lowest BCUT2D eigenvalue weighted by Gasteiger charge is -2.34. The average Bonchev–Trinajstić information content (AvgIpc) is 2.41. The Bertz CT molecular complexity index is 409. The van der Waals surface area contributed by atoms with Crippen LogP contribution in [0, 0.1) is 5.82 Å². The summed E-state index contributed by atoms with van der Waals surface area (Å²) in [6, 6.07) is 5.41. The molecule has 2 N–H and O–H groups in total. The zero-order valence-electron chi connectivity index (χ0n) is 12.7. The van der Waals surface area contributed by atoms with Crippen molar-refractivity contribution in [2.75, 3.05) is 13.1 Å². The van der Waals surface area contributed by atoms with Crippen LogP contribution in [0.5, 0.6) is 0 Å². The molecule has 1 aromatic carbocycles. The van der Waals surface area contributed by atoms with Gasteiger partial charge in [0, 0.05) is 18.6 Å². The van der Waals surface area contributed by atoms with Crippen LogP contribution < -0.4 is 5.73 Å². The van der Waals surface area contributed by atoms with E-state index in [9.17, 15) is 4.39 Å². The fraction of sp³-hybridized carbons (Fsp3) is 0.625. The predicted octanol–water partition coefficient (Wildman–Crippen LogP) is 4.38. The highest BCUT2D eigenvalue weighted by Crippen LogP contribution is 2.26. The monoisotopic (exact) mass is 300 g/mol. The Hall–Kier alpha value is -0.640. The summed E-state index contributed by atoms with van der Waals surface area (Å²) in [5.74, 6) is -0.375. The molecule has 0 radical (unpaired) electrons. The van der Waals surface area contributed by atoms with Crippen molar-refractivity contribution in [1.29, 1.82) is 0 Å². The molecule has 1 aromatic rings. The molecule has 0 spiro atoms. The van der Waals surface area contributed by atoms with Gasteiger partial charge in [-0.15, -0.1) is 0 Å². The minimum Gasteiger partial charge on any atom is -0.329 e. The summed E-state index contributed by atoms with van der Waals surface area (Å²) in [4.78, 5) is 2.35. The summed E-state index contributed by atoms with van der Waals surface area (Å²) in [5.41, 5.74) is 6.84. The zero-order valence-corrected chi connectivity index (χ0v) is 13.5. The number of benzene rings is 1. The Balaban J connectivity index is 2.91. The maximum atomic E-state index is 13.7. The highest BCUT2D eigenvalue weighted by Gasteiger charge is 2.22. The number of halogens is 2. The van der Waals surface area contributed by atoms with E-state index in [2.05, 4.69) is 25.7 Å². The molecule has 1 rings (SSSR count). The van der Waals surface area contributed by atoms with Crippen LogP contribution in [0.1, 0.15) is 51.6 Å². The molecule has 0 saturated carbocycles. The number of unbranched alkanes of at least 4 members (excludes halogenated alkanes) is 2. The largest absolute Gasteiger partial charge is 0.329 e. The second-order valence-electron chi connectivity index (χ2n) is 5.46. The van der Waals surface area contributed by atoms with E-state index in [1.807, 2.05) is 6.07 Å². The summed E-state index contributed by atoms with van der Waals surface area (Å²) >= 11 is 5.75. The summed E-state index contributed by atoms with van der Waals surface area (Å²) < 4.78 is 13.7. The average molecular weight is 301 g/mol. The number of nitrogens with two attached hydrogens (primary N) is 1. The van der Waals surface area contributed by atoms with Crippen molar-refractivity contribution in [2.45, 2.75) is 52.1 Å². The standard InChI is InChI=1S/C16H26ClFN2/c1-4-5-6-9-20(12(2)3)16(11-19)13-7-8-14(17)15(18)10-13/h7-8,10,12,16H,4-6,9,11,19H2,1-3H3. The van der Waals surface area contributed by atoms with Gasteiger partial charge in [-0.2, -0.15) is 0 Å². The van der Waals surface area contributed by atoms with Gasteiger partial charge in [-0.05, 0) is 44.5 Å². The molecule has 0 amide bonds. The molecule has 4 heteroatoms. The lowest BCUT2D eigenvalue weighted by atomic mass is 10.0. The van der Waals surface area contributed by atoms with Crippen molar-refractivity contribution in [2.24, 2.45) is 5.73 Å². The fourth-order valence-electron chi connectivity index (χ4n) is 2.50. The van der Waals surface area contributed by atoms with Crippen LogP contribution in [-0.2, 0) is 0 Å². The lowest BCUT2D eigenvalue weighted by Crippen LogP contribution is -2.39. The SMILES string of the molecule is CCCCCN(C(C)C)C(CN)c1ccc(Cl)c(F)c1. The molecule has 0 aliphatic rings. The van der Waals surface area contributed by atoms with Gasteiger partial charge in [0.1, 0.15) is 5.82 Å². The van der Waals surface area contributed by atoms with Gasteiger partial charge in [0.15, 0.2) is 0 Å². The summed E-state index contributed by atoms with van der Waals surface area (Å²) in [7, 11) is 0. The van der Waals surface area contributed by atoms with Gasteiger partial charge in [-0.25, -0.2) is 4.39 Å². The molecule has 2 nitrogen and oxygen atoms in total. The van der Waals surface area contributed by atoms with E-state index in [-0.39, 0.29) is 16.9 Å². The maximum absolute atomic E-state index is 13.7. The molecule has 0 aliphatic heterocycles. The molecule has 1 atom stereocenters. The molecule has 0 aromatic heterocycles. The van der Waals surface area contributed by atoms with E-state index in [1.165, 1.54) is 18.9 Å². The first-order valence-corrected chi connectivity index (χ1v) is 7.79. The molecule has 20 heavy (non-hydrogen) atoms. The van der Waals surface area contributed by atoms with Crippen LogP contribution in [0.25, 0.3) is 0 Å². The summed E-state index contributed by atoms with van der Waals surface area (Å²) in [5, 5.41) is 0.159. The fourth-order valence-corrected chi connectivity index (χ4v) is 2.62. The number of hydrogen-bond donors (Lipinski definition) is 1. The smallest absolute Gasteiger partial charge is 0.142 e. The first-order valence-electron chi connectivity index (χ1n) is 7.42. The van der Waals surface area contributed by atoms with Crippen molar-refractivity contribution >= 4 is 11.6 Å². The van der Waals surface area contributed by atoms with Crippen molar-refractivity contribution in [1.82, 2.24) is 4.90 Å². The van der Waals surface area contributed by atoms with Gasteiger partial charge in [0.05, 0.1) is 5.02 Å². The van der Waals surface area contributed by atoms with Gasteiger partial charge in [0.25, 0.3) is 0 Å². The zero-order chi connectivity index (χ0) is 15.1. The molecule has 0 bridgehead atoms. The molecule has 1 unspecified atom stereocenters. The summed E-state index contributed by atoms with van der Waals surface area (Å²) in [6.45, 7) is 7.96. The van der Waals surface area contributed by atoms with Crippen LogP contribution >= 0.6 is 11.6 Å². The van der Waals surface area contributed by atoms with E-state index in [1.54, 1.807) is 6.07 Å². The van der Waals surface area contributed by atoms with Gasteiger partial charge < -0.3 is 5.73 Å².